The van der Waals surface area contributed by atoms with Crippen LogP contribution in [-0.4, -0.2) is 25.1 Å². The number of halogens is 1. The Labute approximate surface area is 122 Å². The molecule has 0 aliphatic carbocycles. The van der Waals surface area contributed by atoms with Crippen LogP contribution in [0.5, 0.6) is 0 Å². The first kappa shape index (κ1) is 14.6. The zero-order valence-electron chi connectivity index (χ0n) is 9.67. The topological polar surface area (TPSA) is 111 Å². The second kappa shape index (κ2) is 6.09. The van der Waals surface area contributed by atoms with Crippen molar-refractivity contribution in [2.24, 2.45) is 5.73 Å². The van der Waals surface area contributed by atoms with Crippen LogP contribution >= 0.6 is 27.3 Å². The summed E-state index contributed by atoms with van der Waals surface area (Å²) in [5.41, 5.74) is 5.49. The van der Waals surface area contributed by atoms with E-state index in [1.54, 1.807) is 6.07 Å². The van der Waals surface area contributed by atoms with E-state index in [0.29, 0.717) is 22.6 Å². The predicted molar refractivity (Wildman–Crippen MR) is 73.1 cm³/mol. The molecule has 3 N–H and O–H groups in total. The highest BCUT2D eigenvalue weighted by molar-refractivity contribution is 9.11. The van der Waals surface area contributed by atoms with Crippen molar-refractivity contribution in [2.75, 3.05) is 6.54 Å². The van der Waals surface area contributed by atoms with Crippen molar-refractivity contribution in [3.63, 3.8) is 0 Å². The Morgan fingerprint density at radius 2 is 2.32 bits per heavy atom. The van der Waals surface area contributed by atoms with Crippen LogP contribution in [0, 0.1) is 0 Å². The van der Waals surface area contributed by atoms with Gasteiger partial charge in [-0.2, -0.15) is 4.98 Å². The second-order valence-electron chi connectivity index (χ2n) is 3.55. The van der Waals surface area contributed by atoms with E-state index in [9.17, 15) is 8.42 Å². The Kier molecular flexibility index (Phi) is 4.68. The Balaban J connectivity index is 2.03. The van der Waals surface area contributed by atoms with E-state index >= 15 is 0 Å². The minimum Gasteiger partial charge on any atom is -0.343 e. The summed E-state index contributed by atoms with van der Waals surface area (Å²) in [6.45, 7) is 0.504. The molecule has 19 heavy (non-hydrogen) atoms. The Morgan fingerprint density at radius 1 is 1.53 bits per heavy atom. The van der Waals surface area contributed by atoms with Crippen LogP contribution in [0.3, 0.4) is 0 Å². The maximum Gasteiger partial charge on any atom is 0.242 e. The highest BCUT2D eigenvalue weighted by atomic mass is 79.9. The van der Waals surface area contributed by atoms with E-state index in [2.05, 4.69) is 35.3 Å². The zero-order chi connectivity index (χ0) is 13.9. The first-order valence-electron chi connectivity index (χ1n) is 5.26. The molecule has 0 aromatic carbocycles. The minimum atomic E-state index is -3.56. The maximum absolute atomic E-state index is 12.1. The second-order valence-corrected chi connectivity index (χ2v) is 7.74. The van der Waals surface area contributed by atoms with Gasteiger partial charge in [0, 0.05) is 24.4 Å². The van der Waals surface area contributed by atoms with Gasteiger partial charge >= 0.3 is 0 Å². The van der Waals surface area contributed by atoms with Crippen LogP contribution in [0.25, 0.3) is 0 Å². The molecule has 0 saturated heterocycles. The van der Waals surface area contributed by atoms with Gasteiger partial charge in [-0.15, -0.1) is 11.3 Å². The maximum atomic E-state index is 12.1. The molecule has 2 aromatic heterocycles. The molecule has 10 heteroatoms. The summed E-state index contributed by atoms with van der Waals surface area (Å²) in [5, 5.41) is 3.60. The number of hydrogen-bond acceptors (Lipinski definition) is 7. The van der Waals surface area contributed by atoms with Gasteiger partial charge in [0.25, 0.3) is 0 Å². The van der Waals surface area contributed by atoms with Crippen LogP contribution < -0.4 is 10.5 Å². The van der Waals surface area contributed by atoms with Crippen molar-refractivity contribution in [3.05, 3.63) is 26.9 Å². The molecule has 0 radical (unpaired) electrons. The number of aromatic nitrogens is 2. The van der Waals surface area contributed by atoms with E-state index in [1.807, 2.05) is 0 Å². The van der Waals surface area contributed by atoms with Crippen molar-refractivity contribution < 1.29 is 12.9 Å². The van der Waals surface area contributed by atoms with E-state index in [-0.39, 0.29) is 11.4 Å². The van der Waals surface area contributed by atoms with Gasteiger partial charge in [-0.3, -0.25) is 0 Å². The number of nitrogens with two attached hydrogens (primary N) is 1. The fraction of sp³-hybridized carbons (Fsp3) is 0.333. The standard InChI is InChI=1S/C9H11BrN4O3S2/c10-9-7(3-6(4-11)18-9)19(15,16)13-2-1-8-12-5-17-14-8/h3,5,13H,1-2,4,11H2. The van der Waals surface area contributed by atoms with Crippen LogP contribution in [0.1, 0.15) is 10.7 Å². The number of rotatable bonds is 6. The lowest BCUT2D eigenvalue weighted by Gasteiger charge is -2.03. The van der Waals surface area contributed by atoms with E-state index in [0.717, 1.165) is 4.88 Å². The summed E-state index contributed by atoms with van der Waals surface area (Å²) in [4.78, 5) is 4.80. The van der Waals surface area contributed by atoms with Crippen LogP contribution in [0.4, 0.5) is 0 Å². The molecule has 0 saturated carbocycles. The molecule has 0 aliphatic rings. The molecule has 0 unspecified atom stereocenters. The average Bonchev–Trinajstić information content (AvgIpc) is 2.98. The van der Waals surface area contributed by atoms with E-state index in [1.165, 1.54) is 17.7 Å². The molecular formula is C9H11BrN4O3S2. The normalized spacial score (nSPS) is 11.9. The number of nitrogens with zero attached hydrogens (tertiary/aromatic N) is 2. The quantitative estimate of drug-likeness (QED) is 0.784. The van der Waals surface area contributed by atoms with Gasteiger partial charge in [0.05, 0.1) is 3.79 Å². The zero-order valence-corrected chi connectivity index (χ0v) is 12.9. The Morgan fingerprint density at radius 3 is 2.89 bits per heavy atom. The van der Waals surface area contributed by atoms with Crippen LogP contribution in [-0.2, 0) is 23.0 Å². The minimum absolute atomic E-state index is 0.197. The first-order chi connectivity index (χ1) is 9.03. The summed E-state index contributed by atoms with van der Waals surface area (Å²) < 4.78 is 31.7. The average molecular weight is 367 g/mol. The third-order valence-electron chi connectivity index (χ3n) is 2.24. The molecule has 104 valence electrons. The molecule has 2 heterocycles. The first-order valence-corrected chi connectivity index (χ1v) is 8.35. The molecule has 7 nitrogen and oxygen atoms in total. The summed E-state index contributed by atoms with van der Waals surface area (Å²) >= 11 is 4.53. The Hall–Kier alpha value is -0.810. The number of hydrogen-bond donors (Lipinski definition) is 2. The molecule has 2 rings (SSSR count). The van der Waals surface area contributed by atoms with Crippen molar-refractivity contribution in [1.29, 1.82) is 0 Å². The lowest BCUT2D eigenvalue weighted by atomic mass is 10.4. The molecule has 2 aromatic rings. The SMILES string of the molecule is NCc1cc(S(=O)(=O)NCCc2ncon2)c(Br)s1. The lowest BCUT2D eigenvalue weighted by molar-refractivity contribution is 0.410. The van der Waals surface area contributed by atoms with Gasteiger partial charge in [0.1, 0.15) is 4.90 Å². The predicted octanol–water partition coefficient (Wildman–Crippen LogP) is 0.873. The third-order valence-corrected chi connectivity index (χ3v) is 5.98. The molecule has 0 spiro atoms. The van der Waals surface area contributed by atoms with Gasteiger partial charge in [-0.25, -0.2) is 13.1 Å². The summed E-state index contributed by atoms with van der Waals surface area (Å²) in [7, 11) is -3.56. The monoisotopic (exact) mass is 366 g/mol. The van der Waals surface area contributed by atoms with E-state index in [4.69, 9.17) is 5.73 Å². The van der Waals surface area contributed by atoms with Gasteiger partial charge in [0.15, 0.2) is 5.82 Å². The largest absolute Gasteiger partial charge is 0.343 e. The molecule has 0 amide bonds. The van der Waals surface area contributed by atoms with Gasteiger partial charge in [0.2, 0.25) is 16.4 Å². The molecule has 0 atom stereocenters. The lowest BCUT2D eigenvalue weighted by Crippen LogP contribution is -2.26. The fourth-order valence-corrected chi connectivity index (χ4v) is 4.95. The van der Waals surface area contributed by atoms with Crippen molar-refractivity contribution in [1.82, 2.24) is 14.9 Å². The van der Waals surface area contributed by atoms with Gasteiger partial charge in [-0.1, -0.05) is 5.16 Å². The van der Waals surface area contributed by atoms with Crippen molar-refractivity contribution in [3.8, 4) is 0 Å². The number of thiophene rings is 1. The van der Waals surface area contributed by atoms with Crippen molar-refractivity contribution >= 4 is 37.3 Å². The molecule has 0 fully saturated rings. The molecular weight excluding hydrogens is 356 g/mol. The van der Waals surface area contributed by atoms with Crippen LogP contribution in [0.15, 0.2) is 25.7 Å². The molecule has 0 bridgehead atoms. The number of sulfonamides is 1. The fourth-order valence-electron chi connectivity index (χ4n) is 1.36. The smallest absolute Gasteiger partial charge is 0.242 e. The summed E-state index contributed by atoms with van der Waals surface area (Å²) in [6, 6.07) is 1.56. The summed E-state index contributed by atoms with van der Waals surface area (Å²) in [6.07, 6.45) is 1.56. The Bertz CT molecular complexity index is 638. The van der Waals surface area contributed by atoms with Crippen LogP contribution in [0.2, 0.25) is 0 Å². The van der Waals surface area contributed by atoms with E-state index < -0.39 is 10.0 Å². The van der Waals surface area contributed by atoms with Crippen molar-refractivity contribution in [2.45, 2.75) is 17.9 Å². The van der Waals surface area contributed by atoms with Gasteiger partial charge in [-0.05, 0) is 22.0 Å². The highest BCUT2D eigenvalue weighted by Crippen LogP contribution is 2.31. The number of nitrogens with one attached hydrogen (secondary N) is 1. The highest BCUT2D eigenvalue weighted by Gasteiger charge is 2.20. The molecule has 0 aliphatic heterocycles. The third kappa shape index (κ3) is 3.60. The van der Waals surface area contributed by atoms with Gasteiger partial charge < -0.3 is 10.3 Å². The summed E-state index contributed by atoms with van der Waals surface area (Å²) in [5.74, 6) is 0.453.